The van der Waals surface area contributed by atoms with Gasteiger partial charge >= 0.3 is 0 Å². The Morgan fingerprint density at radius 1 is 1.38 bits per heavy atom. The van der Waals surface area contributed by atoms with Crippen LogP contribution in [0.4, 0.5) is 0 Å². The topological polar surface area (TPSA) is 15.3 Å². The molecule has 1 aliphatic heterocycles. The SMILES string of the molecule is CCC(C)C1CNC(C2CC2)CN1Cc1cccc(Br)c1. The summed E-state index contributed by atoms with van der Waals surface area (Å²) in [5.41, 5.74) is 1.43. The Morgan fingerprint density at radius 3 is 2.86 bits per heavy atom. The van der Waals surface area contributed by atoms with Crippen molar-refractivity contribution in [1.29, 1.82) is 0 Å². The number of hydrogen-bond donors (Lipinski definition) is 1. The quantitative estimate of drug-likeness (QED) is 0.861. The van der Waals surface area contributed by atoms with Gasteiger partial charge in [-0.05, 0) is 42.4 Å². The van der Waals surface area contributed by atoms with Gasteiger partial charge in [-0.3, -0.25) is 4.90 Å². The van der Waals surface area contributed by atoms with Crippen LogP contribution in [-0.4, -0.2) is 30.1 Å². The molecule has 1 aromatic carbocycles. The van der Waals surface area contributed by atoms with E-state index >= 15 is 0 Å². The highest BCUT2D eigenvalue weighted by Crippen LogP contribution is 2.35. The van der Waals surface area contributed by atoms with E-state index in [1.54, 1.807) is 0 Å². The van der Waals surface area contributed by atoms with Gasteiger partial charge in [-0.25, -0.2) is 0 Å². The third-order valence-electron chi connectivity index (χ3n) is 5.26. The summed E-state index contributed by atoms with van der Waals surface area (Å²) in [6, 6.07) is 10.2. The van der Waals surface area contributed by atoms with Crippen molar-refractivity contribution < 1.29 is 0 Å². The van der Waals surface area contributed by atoms with Crippen molar-refractivity contribution in [2.24, 2.45) is 11.8 Å². The van der Waals surface area contributed by atoms with Gasteiger partial charge in [0.2, 0.25) is 0 Å². The molecule has 3 heteroatoms. The molecular formula is C18H27BrN2. The summed E-state index contributed by atoms with van der Waals surface area (Å²) in [6.07, 6.45) is 4.11. The molecule has 1 aromatic rings. The molecule has 0 radical (unpaired) electrons. The van der Waals surface area contributed by atoms with Crippen LogP contribution in [-0.2, 0) is 6.54 Å². The van der Waals surface area contributed by atoms with Gasteiger partial charge in [0, 0.05) is 36.2 Å². The molecule has 0 bridgehead atoms. The van der Waals surface area contributed by atoms with Gasteiger partial charge in [0.25, 0.3) is 0 Å². The number of piperazine rings is 1. The van der Waals surface area contributed by atoms with E-state index in [0.29, 0.717) is 6.04 Å². The Kier molecular flexibility index (Phi) is 5.03. The van der Waals surface area contributed by atoms with Gasteiger partial charge < -0.3 is 5.32 Å². The van der Waals surface area contributed by atoms with Crippen LogP contribution in [0.5, 0.6) is 0 Å². The summed E-state index contributed by atoms with van der Waals surface area (Å²) in [7, 11) is 0. The maximum absolute atomic E-state index is 3.82. The van der Waals surface area contributed by atoms with Crippen LogP contribution < -0.4 is 5.32 Å². The first-order valence-corrected chi connectivity index (χ1v) is 9.18. The van der Waals surface area contributed by atoms with E-state index in [0.717, 1.165) is 31.0 Å². The smallest absolute Gasteiger partial charge is 0.0250 e. The average molecular weight is 351 g/mol. The molecule has 1 heterocycles. The minimum Gasteiger partial charge on any atom is -0.311 e. The lowest BCUT2D eigenvalue weighted by molar-refractivity contribution is 0.0787. The zero-order chi connectivity index (χ0) is 14.8. The van der Waals surface area contributed by atoms with Crippen LogP contribution in [0.1, 0.15) is 38.7 Å². The lowest BCUT2D eigenvalue weighted by Crippen LogP contribution is -2.58. The monoisotopic (exact) mass is 350 g/mol. The molecular weight excluding hydrogens is 324 g/mol. The fourth-order valence-corrected chi connectivity index (χ4v) is 4.00. The largest absolute Gasteiger partial charge is 0.311 e. The van der Waals surface area contributed by atoms with Crippen LogP contribution in [0.3, 0.4) is 0 Å². The molecule has 1 aliphatic carbocycles. The Morgan fingerprint density at radius 2 is 2.19 bits per heavy atom. The fraction of sp³-hybridized carbons (Fsp3) is 0.667. The summed E-state index contributed by atoms with van der Waals surface area (Å²) in [5.74, 6) is 1.69. The molecule has 0 amide bonds. The second-order valence-electron chi connectivity index (χ2n) is 6.86. The fourth-order valence-electron chi connectivity index (χ4n) is 3.55. The molecule has 3 unspecified atom stereocenters. The lowest BCUT2D eigenvalue weighted by atomic mass is 9.93. The second-order valence-corrected chi connectivity index (χ2v) is 7.78. The summed E-state index contributed by atoms with van der Waals surface area (Å²) in [4.78, 5) is 2.73. The molecule has 116 valence electrons. The van der Waals surface area contributed by atoms with Crippen LogP contribution in [0.25, 0.3) is 0 Å². The highest BCUT2D eigenvalue weighted by molar-refractivity contribution is 9.10. The molecule has 0 aromatic heterocycles. The van der Waals surface area contributed by atoms with Crippen molar-refractivity contribution in [2.45, 2.75) is 51.7 Å². The normalized spacial score (nSPS) is 28.5. The third-order valence-corrected chi connectivity index (χ3v) is 5.75. The maximum Gasteiger partial charge on any atom is 0.0250 e. The Hall–Kier alpha value is -0.380. The molecule has 2 fully saturated rings. The van der Waals surface area contributed by atoms with Crippen molar-refractivity contribution in [3.05, 3.63) is 34.3 Å². The van der Waals surface area contributed by atoms with Crippen molar-refractivity contribution in [3.8, 4) is 0 Å². The van der Waals surface area contributed by atoms with Crippen LogP contribution in [0.15, 0.2) is 28.7 Å². The number of halogens is 1. The molecule has 1 saturated heterocycles. The first kappa shape index (κ1) is 15.5. The van der Waals surface area contributed by atoms with E-state index in [4.69, 9.17) is 0 Å². The molecule has 3 atom stereocenters. The Bertz CT molecular complexity index is 472. The number of nitrogens with zero attached hydrogens (tertiary/aromatic N) is 1. The van der Waals surface area contributed by atoms with Gasteiger partial charge in [0.1, 0.15) is 0 Å². The number of hydrogen-bond acceptors (Lipinski definition) is 2. The van der Waals surface area contributed by atoms with Gasteiger partial charge in [0.15, 0.2) is 0 Å². The van der Waals surface area contributed by atoms with Crippen LogP contribution in [0.2, 0.25) is 0 Å². The zero-order valence-corrected chi connectivity index (χ0v) is 14.8. The maximum atomic E-state index is 3.82. The molecule has 0 spiro atoms. The van der Waals surface area contributed by atoms with Crippen LogP contribution >= 0.6 is 15.9 Å². The molecule has 1 saturated carbocycles. The zero-order valence-electron chi connectivity index (χ0n) is 13.2. The predicted octanol–water partition coefficient (Wildman–Crippen LogP) is 4.05. The van der Waals surface area contributed by atoms with E-state index < -0.39 is 0 Å². The third kappa shape index (κ3) is 3.88. The van der Waals surface area contributed by atoms with E-state index in [2.05, 4.69) is 64.3 Å². The van der Waals surface area contributed by atoms with Crippen LogP contribution in [0, 0.1) is 11.8 Å². The molecule has 3 rings (SSSR count). The number of nitrogens with one attached hydrogen (secondary N) is 1. The lowest BCUT2D eigenvalue weighted by Gasteiger charge is -2.43. The van der Waals surface area contributed by atoms with E-state index in [1.807, 2.05) is 0 Å². The van der Waals surface area contributed by atoms with Gasteiger partial charge in [-0.2, -0.15) is 0 Å². The average Bonchev–Trinajstić information content (AvgIpc) is 3.31. The van der Waals surface area contributed by atoms with Crippen molar-refractivity contribution in [3.63, 3.8) is 0 Å². The van der Waals surface area contributed by atoms with Gasteiger partial charge in [-0.1, -0.05) is 48.3 Å². The first-order chi connectivity index (χ1) is 10.2. The summed E-state index contributed by atoms with van der Waals surface area (Å²) in [6.45, 7) is 8.17. The van der Waals surface area contributed by atoms with Gasteiger partial charge in [-0.15, -0.1) is 0 Å². The highest BCUT2D eigenvalue weighted by atomic mass is 79.9. The van der Waals surface area contributed by atoms with Crippen molar-refractivity contribution in [1.82, 2.24) is 10.2 Å². The minimum absolute atomic E-state index is 0.670. The second kappa shape index (κ2) is 6.80. The number of rotatable bonds is 5. The van der Waals surface area contributed by atoms with E-state index in [-0.39, 0.29) is 0 Å². The van der Waals surface area contributed by atoms with E-state index in [9.17, 15) is 0 Å². The standard InChI is InChI=1S/C18H27BrN2/c1-3-13(2)18-10-20-17(15-7-8-15)12-21(18)11-14-5-4-6-16(19)9-14/h4-6,9,13,15,17-18,20H,3,7-8,10-12H2,1-2H3. The van der Waals surface area contributed by atoms with Crippen molar-refractivity contribution in [2.75, 3.05) is 13.1 Å². The minimum atomic E-state index is 0.670. The van der Waals surface area contributed by atoms with E-state index in [1.165, 1.54) is 35.8 Å². The summed E-state index contributed by atoms with van der Waals surface area (Å²) < 4.78 is 1.19. The predicted molar refractivity (Wildman–Crippen MR) is 92.3 cm³/mol. The molecule has 1 N–H and O–H groups in total. The highest BCUT2D eigenvalue weighted by Gasteiger charge is 2.38. The number of benzene rings is 1. The molecule has 2 aliphatic rings. The van der Waals surface area contributed by atoms with Gasteiger partial charge in [0.05, 0.1) is 0 Å². The van der Waals surface area contributed by atoms with Crippen molar-refractivity contribution >= 4 is 15.9 Å². The summed E-state index contributed by atoms with van der Waals surface area (Å²) >= 11 is 3.60. The molecule has 21 heavy (non-hydrogen) atoms. The first-order valence-electron chi connectivity index (χ1n) is 8.39. The Labute approximate surface area is 137 Å². The summed E-state index contributed by atoms with van der Waals surface area (Å²) in [5, 5.41) is 3.82. The Balaban J connectivity index is 1.72. The molecule has 2 nitrogen and oxygen atoms in total.